The van der Waals surface area contributed by atoms with Gasteiger partial charge in [-0.1, -0.05) is 0 Å². The van der Waals surface area contributed by atoms with Gasteiger partial charge in [0.25, 0.3) is 5.91 Å². The molecule has 3 rings (SSSR count). The van der Waals surface area contributed by atoms with Crippen molar-refractivity contribution < 1.29 is 4.79 Å². The third-order valence-electron chi connectivity index (χ3n) is 3.95. The van der Waals surface area contributed by atoms with Crippen molar-refractivity contribution in [3.8, 4) is 5.69 Å². The Morgan fingerprint density at radius 3 is 2.78 bits per heavy atom. The van der Waals surface area contributed by atoms with Gasteiger partial charge in [0.2, 0.25) is 0 Å². The van der Waals surface area contributed by atoms with Crippen LogP contribution in [0.25, 0.3) is 11.8 Å². The maximum atomic E-state index is 12.3. The number of likely N-dealkylation sites (N-methyl/N-ethyl adjacent to an activating group) is 1. The van der Waals surface area contributed by atoms with E-state index in [4.69, 9.17) is 12.2 Å². The van der Waals surface area contributed by atoms with Crippen molar-refractivity contribution >= 4 is 29.3 Å². The predicted octanol–water partition coefficient (Wildman–Crippen LogP) is 2.57. The summed E-state index contributed by atoms with van der Waals surface area (Å²) in [4.78, 5) is 18.0. The quantitative estimate of drug-likeness (QED) is 0.696. The van der Waals surface area contributed by atoms with Crippen LogP contribution in [0.1, 0.15) is 23.9 Å². The van der Waals surface area contributed by atoms with Crippen molar-refractivity contribution in [1.82, 2.24) is 19.8 Å². The summed E-state index contributed by atoms with van der Waals surface area (Å²) >= 11 is 5.19. The number of hydrogen-bond acceptors (Lipinski definition) is 3. The first-order chi connectivity index (χ1) is 11.0. The van der Waals surface area contributed by atoms with E-state index in [2.05, 4.69) is 20.9 Å². The average Bonchev–Trinajstić information content (AvgIpc) is 2.96. The van der Waals surface area contributed by atoms with Crippen LogP contribution in [0.4, 0.5) is 0 Å². The maximum Gasteiger partial charge on any atom is 0.276 e. The number of thiocarbonyl (C=S) groups is 1. The highest BCUT2D eigenvalue weighted by Gasteiger charge is 2.29. The molecule has 0 spiro atoms. The number of nitrogens with zero attached hydrogens (tertiary/aromatic N) is 3. The number of carbonyl (C=O) groups is 1. The van der Waals surface area contributed by atoms with E-state index in [1.54, 1.807) is 11.1 Å². The zero-order valence-corrected chi connectivity index (χ0v) is 14.1. The zero-order chi connectivity index (χ0) is 16.6. The lowest BCUT2D eigenvalue weighted by Crippen LogP contribution is -2.30. The van der Waals surface area contributed by atoms with E-state index in [0.29, 0.717) is 17.4 Å². The molecule has 2 aromatic heterocycles. The second-order valence-electron chi connectivity index (χ2n) is 5.41. The van der Waals surface area contributed by atoms with Crippen LogP contribution in [-0.2, 0) is 4.79 Å². The minimum absolute atomic E-state index is 0.0799. The maximum absolute atomic E-state index is 12.3. The van der Waals surface area contributed by atoms with E-state index in [1.807, 2.05) is 45.2 Å². The Morgan fingerprint density at radius 2 is 2.17 bits per heavy atom. The van der Waals surface area contributed by atoms with Gasteiger partial charge in [0.05, 0.1) is 11.9 Å². The highest BCUT2D eigenvalue weighted by atomic mass is 32.1. The molecule has 1 fully saturated rings. The van der Waals surface area contributed by atoms with Gasteiger partial charge in [-0.15, -0.1) is 0 Å². The molecule has 1 saturated heterocycles. The van der Waals surface area contributed by atoms with Crippen LogP contribution in [0.2, 0.25) is 0 Å². The lowest BCUT2D eigenvalue weighted by atomic mass is 10.2. The number of aromatic nitrogens is 2. The summed E-state index contributed by atoms with van der Waals surface area (Å²) < 4.78 is 2.12. The molecule has 0 bridgehead atoms. The summed E-state index contributed by atoms with van der Waals surface area (Å²) in [5, 5.41) is 3.46. The van der Waals surface area contributed by atoms with Crippen LogP contribution in [0, 0.1) is 13.8 Å². The Labute approximate surface area is 140 Å². The molecule has 0 unspecified atom stereocenters. The van der Waals surface area contributed by atoms with Gasteiger partial charge in [-0.05, 0) is 62.8 Å². The van der Waals surface area contributed by atoms with Crippen LogP contribution >= 0.6 is 12.2 Å². The molecule has 3 heterocycles. The monoisotopic (exact) mass is 326 g/mol. The van der Waals surface area contributed by atoms with E-state index in [9.17, 15) is 4.79 Å². The Morgan fingerprint density at radius 1 is 1.39 bits per heavy atom. The molecule has 0 aliphatic carbocycles. The molecule has 118 valence electrons. The van der Waals surface area contributed by atoms with Crippen molar-refractivity contribution in [2.75, 3.05) is 6.54 Å². The van der Waals surface area contributed by atoms with Crippen LogP contribution in [0.5, 0.6) is 0 Å². The fourth-order valence-electron chi connectivity index (χ4n) is 2.83. The van der Waals surface area contributed by atoms with Crippen LogP contribution in [0.15, 0.2) is 36.3 Å². The molecule has 1 N–H and O–H groups in total. The molecule has 0 aromatic carbocycles. The average molecular weight is 326 g/mol. The van der Waals surface area contributed by atoms with Gasteiger partial charge in [0.1, 0.15) is 5.70 Å². The van der Waals surface area contributed by atoms with Gasteiger partial charge in [-0.3, -0.25) is 14.7 Å². The second kappa shape index (κ2) is 5.96. The van der Waals surface area contributed by atoms with Crippen LogP contribution in [-0.4, -0.2) is 32.0 Å². The molecule has 23 heavy (non-hydrogen) atoms. The van der Waals surface area contributed by atoms with E-state index < -0.39 is 0 Å². The van der Waals surface area contributed by atoms with Crippen LogP contribution in [0.3, 0.4) is 0 Å². The van der Waals surface area contributed by atoms with E-state index in [0.717, 1.165) is 22.6 Å². The molecule has 0 saturated carbocycles. The number of aryl methyl sites for hydroxylation is 1. The summed E-state index contributed by atoms with van der Waals surface area (Å²) in [6, 6.07) is 5.98. The highest BCUT2D eigenvalue weighted by molar-refractivity contribution is 7.80. The molecule has 1 amide bonds. The predicted molar refractivity (Wildman–Crippen MR) is 94.1 cm³/mol. The topological polar surface area (TPSA) is 50.2 Å². The number of amides is 1. The number of rotatable bonds is 3. The third kappa shape index (κ3) is 2.66. The van der Waals surface area contributed by atoms with E-state index >= 15 is 0 Å². The first kappa shape index (κ1) is 15.4. The summed E-state index contributed by atoms with van der Waals surface area (Å²) in [6.45, 7) is 6.54. The molecular weight excluding hydrogens is 308 g/mol. The molecule has 2 aromatic rings. The lowest BCUT2D eigenvalue weighted by molar-refractivity contribution is -0.122. The molecule has 1 aliphatic rings. The van der Waals surface area contributed by atoms with Crippen molar-refractivity contribution in [3.05, 3.63) is 53.2 Å². The Balaban J connectivity index is 2.02. The Bertz CT molecular complexity index is 808. The van der Waals surface area contributed by atoms with Crippen molar-refractivity contribution in [1.29, 1.82) is 0 Å². The molecule has 0 atom stereocenters. The normalized spacial score (nSPS) is 16.3. The Hall–Kier alpha value is -2.47. The van der Waals surface area contributed by atoms with Crippen LogP contribution < -0.4 is 5.32 Å². The molecule has 1 aliphatic heterocycles. The smallest absolute Gasteiger partial charge is 0.276 e. The largest absolute Gasteiger partial charge is 0.328 e. The van der Waals surface area contributed by atoms with E-state index in [1.165, 1.54) is 0 Å². The Kier molecular flexibility index (Phi) is 4.00. The minimum Gasteiger partial charge on any atom is -0.328 e. The summed E-state index contributed by atoms with van der Waals surface area (Å²) in [6.07, 6.45) is 5.44. The summed E-state index contributed by atoms with van der Waals surface area (Å²) in [5.74, 6) is -0.0799. The number of hydrogen-bond donors (Lipinski definition) is 1. The van der Waals surface area contributed by atoms with E-state index in [-0.39, 0.29) is 5.91 Å². The molecule has 5 nitrogen and oxygen atoms in total. The fraction of sp³-hybridized carbons (Fsp3) is 0.235. The first-order valence-corrected chi connectivity index (χ1v) is 7.87. The molecular formula is C17H18N4OS. The van der Waals surface area contributed by atoms with Crippen molar-refractivity contribution in [2.24, 2.45) is 0 Å². The molecule has 0 radical (unpaired) electrons. The zero-order valence-electron chi connectivity index (χ0n) is 13.3. The number of pyridine rings is 1. The van der Waals surface area contributed by atoms with Crippen molar-refractivity contribution in [2.45, 2.75) is 20.8 Å². The number of carbonyl (C=O) groups excluding carboxylic acids is 1. The second-order valence-corrected chi connectivity index (χ2v) is 5.80. The lowest BCUT2D eigenvalue weighted by Gasteiger charge is -2.09. The van der Waals surface area contributed by atoms with Gasteiger partial charge >= 0.3 is 0 Å². The van der Waals surface area contributed by atoms with Gasteiger partial charge in [-0.25, -0.2) is 0 Å². The van der Waals surface area contributed by atoms with Gasteiger partial charge in [0.15, 0.2) is 5.11 Å². The third-order valence-corrected chi connectivity index (χ3v) is 4.28. The summed E-state index contributed by atoms with van der Waals surface area (Å²) in [5.41, 5.74) is 4.65. The standard InChI is InChI=1S/C17H18N4OS/c1-4-20-16(22)15(19-17(20)23)9-13-8-11(2)21(12(13)3)14-6-5-7-18-10-14/h5-10H,4H2,1-3H3,(H,19,23)/b15-9+. The van der Waals surface area contributed by atoms with Crippen molar-refractivity contribution in [3.63, 3.8) is 0 Å². The summed E-state index contributed by atoms with van der Waals surface area (Å²) in [7, 11) is 0. The van der Waals surface area contributed by atoms with Gasteiger partial charge < -0.3 is 9.88 Å². The fourth-order valence-corrected chi connectivity index (χ4v) is 3.15. The molecule has 6 heteroatoms. The SMILES string of the molecule is CCN1C(=O)/C(=C\c2cc(C)n(-c3cccnc3)c2C)NC1=S. The minimum atomic E-state index is -0.0799. The van der Waals surface area contributed by atoms with Gasteiger partial charge in [-0.2, -0.15) is 0 Å². The first-order valence-electron chi connectivity index (χ1n) is 7.46. The number of nitrogens with one attached hydrogen (secondary N) is 1. The van der Waals surface area contributed by atoms with Gasteiger partial charge in [0, 0.05) is 24.1 Å². The highest BCUT2D eigenvalue weighted by Crippen LogP contribution is 2.23.